The quantitative estimate of drug-likeness (QED) is 0.801. The summed E-state index contributed by atoms with van der Waals surface area (Å²) < 4.78 is 11.8. The number of carbonyl (C=O) groups is 1. The predicted molar refractivity (Wildman–Crippen MR) is 69.7 cm³/mol. The Labute approximate surface area is 111 Å². The molecule has 0 aliphatic rings. The lowest BCUT2D eigenvalue weighted by molar-refractivity contribution is 0.0943. The van der Waals surface area contributed by atoms with Gasteiger partial charge in [0.2, 0.25) is 0 Å². The van der Waals surface area contributed by atoms with E-state index in [0.29, 0.717) is 24.6 Å². The van der Waals surface area contributed by atoms with Crippen molar-refractivity contribution in [1.82, 2.24) is 15.1 Å². The topological polar surface area (TPSA) is 69.3 Å². The second kappa shape index (κ2) is 6.19. The van der Waals surface area contributed by atoms with Crippen molar-refractivity contribution < 1.29 is 13.9 Å². The molecule has 1 N–H and O–H groups in total. The molecule has 0 spiro atoms. The minimum atomic E-state index is -0.190. The summed E-state index contributed by atoms with van der Waals surface area (Å²) in [6.45, 7) is 1.19. The number of ether oxygens (including phenoxy) is 1. The Morgan fingerprint density at radius 3 is 3.11 bits per heavy atom. The van der Waals surface area contributed by atoms with Crippen LogP contribution in [0.3, 0.4) is 0 Å². The number of rotatable bonds is 6. The van der Waals surface area contributed by atoms with E-state index in [1.165, 1.54) is 0 Å². The van der Waals surface area contributed by atoms with Gasteiger partial charge in [-0.2, -0.15) is 5.10 Å². The molecule has 1 amide bonds. The SMILES string of the molecule is COCCCNC(=O)c1cc(-c2ccco2)n(C)n1. The van der Waals surface area contributed by atoms with E-state index in [9.17, 15) is 4.79 Å². The first-order valence-corrected chi connectivity index (χ1v) is 6.07. The molecular formula is C13H17N3O3. The third-order valence-corrected chi connectivity index (χ3v) is 2.70. The van der Waals surface area contributed by atoms with Crippen LogP contribution in [0.25, 0.3) is 11.5 Å². The number of amides is 1. The van der Waals surface area contributed by atoms with Crippen molar-refractivity contribution in [2.75, 3.05) is 20.3 Å². The number of aryl methyl sites for hydroxylation is 1. The van der Waals surface area contributed by atoms with Gasteiger partial charge < -0.3 is 14.5 Å². The second-order valence-corrected chi connectivity index (χ2v) is 4.12. The van der Waals surface area contributed by atoms with E-state index in [4.69, 9.17) is 9.15 Å². The Kier molecular flexibility index (Phi) is 4.35. The van der Waals surface area contributed by atoms with Gasteiger partial charge in [0.1, 0.15) is 5.69 Å². The molecule has 0 unspecified atom stereocenters. The van der Waals surface area contributed by atoms with E-state index in [0.717, 1.165) is 12.1 Å². The van der Waals surface area contributed by atoms with Crippen LogP contribution in [0, 0.1) is 0 Å². The first-order chi connectivity index (χ1) is 9.22. The third-order valence-electron chi connectivity index (χ3n) is 2.70. The van der Waals surface area contributed by atoms with Gasteiger partial charge in [-0.05, 0) is 18.6 Å². The normalized spacial score (nSPS) is 10.6. The smallest absolute Gasteiger partial charge is 0.271 e. The van der Waals surface area contributed by atoms with E-state index in [1.54, 1.807) is 37.2 Å². The molecule has 2 aromatic heterocycles. The Bertz CT molecular complexity index is 531. The lowest BCUT2D eigenvalue weighted by Gasteiger charge is -2.01. The molecule has 2 aromatic rings. The molecule has 6 nitrogen and oxygen atoms in total. The average molecular weight is 263 g/mol. The standard InChI is InChI=1S/C13H17N3O3/c1-16-11(12-5-3-8-19-12)9-10(15-16)13(17)14-6-4-7-18-2/h3,5,8-9H,4,6-7H2,1-2H3,(H,14,17). The van der Waals surface area contributed by atoms with Crippen molar-refractivity contribution in [3.8, 4) is 11.5 Å². The fourth-order valence-corrected chi connectivity index (χ4v) is 1.74. The number of hydrogen-bond acceptors (Lipinski definition) is 4. The summed E-state index contributed by atoms with van der Waals surface area (Å²) in [5, 5.41) is 6.97. The highest BCUT2D eigenvalue weighted by Crippen LogP contribution is 2.19. The summed E-state index contributed by atoms with van der Waals surface area (Å²) in [6.07, 6.45) is 2.37. The Balaban J connectivity index is 2.01. The van der Waals surface area contributed by atoms with Gasteiger partial charge in [-0.15, -0.1) is 0 Å². The largest absolute Gasteiger partial charge is 0.463 e. The molecular weight excluding hydrogens is 246 g/mol. The zero-order chi connectivity index (χ0) is 13.7. The zero-order valence-corrected chi connectivity index (χ0v) is 11.0. The van der Waals surface area contributed by atoms with E-state index in [1.807, 2.05) is 6.07 Å². The van der Waals surface area contributed by atoms with E-state index >= 15 is 0 Å². The van der Waals surface area contributed by atoms with E-state index in [-0.39, 0.29) is 5.91 Å². The summed E-state index contributed by atoms with van der Waals surface area (Å²) in [6, 6.07) is 5.34. The molecule has 6 heteroatoms. The Morgan fingerprint density at radius 2 is 2.42 bits per heavy atom. The molecule has 2 rings (SSSR count). The highest BCUT2D eigenvalue weighted by Gasteiger charge is 2.14. The van der Waals surface area contributed by atoms with Crippen LogP contribution in [0.15, 0.2) is 28.9 Å². The van der Waals surface area contributed by atoms with Gasteiger partial charge in [0.05, 0.1) is 6.26 Å². The monoisotopic (exact) mass is 263 g/mol. The minimum Gasteiger partial charge on any atom is -0.463 e. The molecule has 0 fully saturated rings. The van der Waals surface area contributed by atoms with Crippen LogP contribution in [0.5, 0.6) is 0 Å². The van der Waals surface area contributed by atoms with Crippen molar-refractivity contribution in [3.63, 3.8) is 0 Å². The third kappa shape index (κ3) is 3.23. The van der Waals surface area contributed by atoms with Crippen molar-refractivity contribution in [3.05, 3.63) is 30.2 Å². The maximum Gasteiger partial charge on any atom is 0.271 e. The molecule has 0 aliphatic carbocycles. The maximum absolute atomic E-state index is 11.9. The molecule has 0 atom stereocenters. The fourth-order valence-electron chi connectivity index (χ4n) is 1.74. The van der Waals surface area contributed by atoms with Crippen LogP contribution < -0.4 is 5.32 Å². The van der Waals surface area contributed by atoms with Crippen LogP contribution in [0.1, 0.15) is 16.9 Å². The Morgan fingerprint density at radius 1 is 1.58 bits per heavy atom. The van der Waals surface area contributed by atoms with E-state index < -0.39 is 0 Å². The molecule has 19 heavy (non-hydrogen) atoms. The number of methoxy groups -OCH3 is 1. The van der Waals surface area contributed by atoms with Crippen LogP contribution >= 0.6 is 0 Å². The van der Waals surface area contributed by atoms with Gasteiger partial charge in [-0.25, -0.2) is 0 Å². The average Bonchev–Trinajstić information content (AvgIpc) is 3.03. The highest BCUT2D eigenvalue weighted by molar-refractivity contribution is 5.93. The summed E-state index contributed by atoms with van der Waals surface area (Å²) >= 11 is 0. The van der Waals surface area contributed by atoms with E-state index in [2.05, 4.69) is 10.4 Å². The minimum absolute atomic E-state index is 0.190. The molecule has 0 aliphatic heterocycles. The first-order valence-electron chi connectivity index (χ1n) is 6.07. The van der Waals surface area contributed by atoms with Crippen LogP contribution in [0.4, 0.5) is 0 Å². The lowest BCUT2D eigenvalue weighted by Crippen LogP contribution is -2.25. The molecule has 102 valence electrons. The van der Waals surface area contributed by atoms with Crippen molar-refractivity contribution in [2.24, 2.45) is 7.05 Å². The zero-order valence-electron chi connectivity index (χ0n) is 11.0. The number of nitrogens with one attached hydrogen (secondary N) is 1. The summed E-state index contributed by atoms with van der Waals surface area (Å²) in [5.74, 6) is 0.498. The molecule has 2 heterocycles. The number of carbonyl (C=O) groups excluding carboxylic acids is 1. The molecule has 0 radical (unpaired) electrons. The van der Waals surface area contributed by atoms with Crippen molar-refractivity contribution >= 4 is 5.91 Å². The first kappa shape index (κ1) is 13.4. The van der Waals surface area contributed by atoms with Crippen LogP contribution in [-0.2, 0) is 11.8 Å². The van der Waals surface area contributed by atoms with Gasteiger partial charge in [0.15, 0.2) is 11.5 Å². The molecule has 0 saturated heterocycles. The summed E-state index contributed by atoms with van der Waals surface area (Å²) in [4.78, 5) is 11.9. The van der Waals surface area contributed by atoms with Crippen molar-refractivity contribution in [2.45, 2.75) is 6.42 Å². The van der Waals surface area contributed by atoms with Crippen molar-refractivity contribution in [1.29, 1.82) is 0 Å². The summed E-state index contributed by atoms with van der Waals surface area (Å²) in [7, 11) is 3.41. The maximum atomic E-state index is 11.9. The summed E-state index contributed by atoms with van der Waals surface area (Å²) in [5.41, 5.74) is 1.15. The van der Waals surface area contributed by atoms with Gasteiger partial charge in [0.25, 0.3) is 5.91 Å². The highest BCUT2D eigenvalue weighted by atomic mass is 16.5. The fraction of sp³-hybridized carbons (Fsp3) is 0.385. The van der Waals surface area contributed by atoms with Crippen LogP contribution in [0.2, 0.25) is 0 Å². The number of aromatic nitrogens is 2. The molecule has 0 saturated carbocycles. The van der Waals surface area contributed by atoms with Gasteiger partial charge in [0, 0.05) is 33.4 Å². The van der Waals surface area contributed by atoms with Crippen LogP contribution in [-0.4, -0.2) is 35.9 Å². The number of furan rings is 1. The number of nitrogens with zero attached hydrogens (tertiary/aromatic N) is 2. The Hall–Kier alpha value is -2.08. The van der Waals surface area contributed by atoms with Gasteiger partial charge in [-0.3, -0.25) is 9.48 Å². The van der Waals surface area contributed by atoms with Gasteiger partial charge in [-0.1, -0.05) is 0 Å². The predicted octanol–water partition coefficient (Wildman–Crippen LogP) is 1.45. The molecule has 0 aromatic carbocycles. The lowest BCUT2D eigenvalue weighted by atomic mass is 10.3. The molecule has 0 bridgehead atoms. The van der Waals surface area contributed by atoms with Gasteiger partial charge >= 0.3 is 0 Å². The number of hydrogen-bond donors (Lipinski definition) is 1. The second-order valence-electron chi connectivity index (χ2n) is 4.12.